The maximum absolute atomic E-state index is 10.6. The van der Waals surface area contributed by atoms with E-state index < -0.39 is 5.60 Å². The minimum absolute atomic E-state index is 0.145. The normalized spacial score (nSPS) is 18.4. The Bertz CT molecular complexity index is 435. The van der Waals surface area contributed by atoms with Gasteiger partial charge in [-0.2, -0.15) is 15.0 Å². The molecule has 6 nitrogen and oxygen atoms in total. The molecule has 0 aromatic carbocycles. The van der Waals surface area contributed by atoms with Gasteiger partial charge in [-0.3, -0.25) is 0 Å². The molecule has 20 heavy (non-hydrogen) atoms. The second-order valence-electron chi connectivity index (χ2n) is 5.27. The van der Waals surface area contributed by atoms with Gasteiger partial charge in [0.05, 0.1) is 5.60 Å². The first-order valence-corrected chi connectivity index (χ1v) is 7.61. The summed E-state index contributed by atoms with van der Waals surface area (Å²) in [6.07, 6.45) is 6.17. The van der Waals surface area contributed by atoms with Crippen LogP contribution in [-0.4, -0.2) is 38.7 Å². The first-order chi connectivity index (χ1) is 9.61. The van der Waals surface area contributed by atoms with Crippen LogP contribution in [0.4, 0.5) is 11.9 Å². The zero-order valence-electron chi connectivity index (χ0n) is 11.8. The van der Waals surface area contributed by atoms with Crippen LogP contribution >= 0.6 is 11.6 Å². The van der Waals surface area contributed by atoms with Crippen molar-refractivity contribution in [2.24, 2.45) is 0 Å². The Kier molecular flexibility index (Phi) is 5.37. The Morgan fingerprint density at radius 1 is 1.05 bits per heavy atom. The number of nitrogens with zero attached hydrogens (tertiary/aromatic N) is 3. The lowest BCUT2D eigenvalue weighted by molar-refractivity contribution is 0.0379. The van der Waals surface area contributed by atoms with Gasteiger partial charge in [-0.1, -0.05) is 25.7 Å². The maximum Gasteiger partial charge on any atom is 0.228 e. The molecule has 1 fully saturated rings. The average Bonchev–Trinajstić information content (AvgIpc) is 2.62. The highest BCUT2D eigenvalue weighted by molar-refractivity contribution is 6.28. The van der Waals surface area contributed by atoms with E-state index in [2.05, 4.69) is 25.6 Å². The van der Waals surface area contributed by atoms with Crippen molar-refractivity contribution in [3.8, 4) is 0 Å². The quantitative estimate of drug-likeness (QED) is 0.724. The Labute approximate surface area is 124 Å². The van der Waals surface area contributed by atoms with Crippen molar-refractivity contribution in [1.29, 1.82) is 0 Å². The van der Waals surface area contributed by atoms with Gasteiger partial charge in [-0.25, -0.2) is 0 Å². The minimum atomic E-state index is -0.673. The van der Waals surface area contributed by atoms with Crippen molar-refractivity contribution in [3.05, 3.63) is 5.28 Å². The van der Waals surface area contributed by atoms with Crippen molar-refractivity contribution in [2.45, 2.75) is 51.0 Å². The Morgan fingerprint density at radius 3 is 2.25 bits per heavy atom. The standard InChI is InChI=1S/C13H22ClN5O/c1-2-15-11-17-10(14)18-12(19-11)16-9-13(20)7-5-3-4-6-8-13/h20H,2-9H2,1H3,(H2,15,16,17,18,19). The van der Waals surface area contributed by atoms with Gasteiger partial charge in [-0.15, -0.1) is 0 Å². The van der Waals surface area contributed by atoms with Crippen LogP contribution < -0.4 is 10.6 Å². The van der Waals surface area contributed by atoms with E-state index in [4.69, 9.17) is 11.6 Å². The number of hydrogen-bond donors (Lipinski definition) is 3. The van der Waals surface area contributed by atoms with Crippen molar-refractivity contribution in [3.63, 3.8) is 0 Å². The molecule has 0 amide bonds. The molecule has 1 aliphatic carbocycles. The van der Waals surface area contributed by atoms with E-state index in [1.165, 1.54) is 12.8 Å². The number of hydrogen-bond acceptors (Lipinski definition) is 6. The van der Waals surface area contributed by atoms with Crippen LogP contribution in [0.25, 0.3) is 0 Å². The van der Waals surface area contributed by atoms with E-state index in [0.717, 1.165) is 25.7 Å². The molecule has 1 aromatic heterocycles. The Morgan fingerprint density at radius 2 is 1.65 bits per heavy atom. The fourth-order valence-corrected chi connectivity index (χ4v) is 2.63. The maximum atomic E-state index is 10.6. The summed E-state index contributed by atoms with van der Waals surface area (Å²) in [5.41, 5.74) is -0.673. The van der Waals surface area contributed by atoms with Gasteiger partial charge in [0, 0.05) is 13.1 Å². The number of nitrogens with one attached hydrogen (secondary N) is 2. The van der Waals surface area contributed by atoms with Crippen molar-refractivity contribution in [1.82, 2.24) is 15.0 Å². The molecule has 1 aromatic rings. The lowest BCUT2D eigenvalue weighted by atomic mass is 9.95. The Hall–Kier alpha value is -1.14. The number of aromatic nitrogens is 3. The molecular formula is C13H22ClN5O. The highest BCUT2D eigenvalue weighted by atomic mass is 35.5. The molecule has 0 bridgehead atoms. The van der Waals surface area contributed by atoms with E-state index in [-0.39, 0.29) is 5.28 Å². The van der Waals surface area contributed by atoms with Gasteiger partial charge in [0.15, 0.2) is 0 Å². The molecule has 0 radical (unpaired) electrons. The van der Waals surface area contributed by atoms with Crippen molar-refractivity contribution >= 4 is 23.5 Å². The molecule has 0 atom stereocenters. The van der Waals surface area contributed by atoms with Crippen LogP contribution in [0.5, 0.6) is 0 Å². The number of aliphatic hydroxyl groups is 1. The van der Waals surface area contributed by atoms with E-state index in [9.17, 15) is 5.11 Å². The van der Waals surface area contributed by atoms with Crippen molar-refractivity contribution in [2.75, 3.05) is 23.7 Å². The fourth-order valence-electron chi connectivity index (χ4n) is 2.47. The molecule has 0 spiro atoms. The monoisotopic (exact) mass is 299 g/mol. The highest BCUT2D eigenvalue weighted by Gasteiger charge is 2.28. The minimum Gasteiger partial charge on any atom is -0.388 e. The molecule has 7 heteroatoms. The number of rotatable bonds is 5. The molecular weight excluding hydrogens is 278 g/mol. The first-order valence-electron chi connectivity index (χ1n) is 7.23. The predicted molar refractivity (Wildman–Crippen MR) is 80.1 cm³/mol. The molecule has 0 unspecified atom stereocenters. The fraction of sp³-hybridized carbons (Fsp3) is 0.769. The predicted octanol–water partition coefficient (Wildman–Crippen LogP) is 2.45. The molecule has 112 valence electrons. The summed E-state index contributed by atoms with van der Waals surface area (Å²) < 4.78 is 0. The third kappa shape index (κ3) is 4.45. The van der Waals surface area contributed by atoms with Crippen LogP contribution in [0, 0.1) is 0 Å². The smallest absolute Gasteiger partial charge is 0.228 e. The second kappa shape index (κ2) is 7.04. The molecule has 1 saturated carbocycles. The lowest BCUT2D eigenvalue weighted by Gasteiger charge is -2.26. The zero-order chi connectivity index (χ0) is 14.4. The summed E-state index contributed by atoms with van der Waals surface area (Å²) in [6.45, 7) is 3.11. The Balaban J connectivity index is 1.98. The molecule has 2 rings (SSSR count). The summed E-state index contributed by atoms with van der Waals surface area (Å²) in [4.78, 5) is 12.2. The summed E-state index contributed by atoms with van der Waals surface area (Å²) in [6, 6.07) is 0. The van der Waals surface area contributed by atoms with Crippen LogP contribution in [0.1, 0.15) is 45.4 Å². The van der Waals surface area contributed by atoms with E-state index in [1.807, 2.05) is 6.92 Å². The van der Waals surface area contributed by atoms with Crippen LogP contribution in [0.2, 0.25) is 5.28 Å². The first kappa shape index (κ1) is 15.3. The van der Waals surface area contributed by atoms with Crippen LogP contribution in [-0.2, 0) is 0 Å². The SMILES string of the molecule is CCNc1nc(Cl)nc(NCC2(O)CCCCCC2)n1. The number of anilines is 2. The zero-order valence-corrected chi connectivity index (χ0v) is 12.6. The largest absolute Gasteiger partial charge is 0.388 e. The molecule has 1 aliphatic rings. The summed E-state index contributed by atoms with van der Waals surface area (Å²) >= 11 is 5.86. The molecule has 0 aliphatic heterocycles. The molecule has 3 N–H and O–H groups in total. The van der Waals surface area contributed by atoms with Gasteiger partial charge in [-0.05, 0) is 31.4 Å². The molecule has 1 heterocycles. The third-order valence-electron chi connectivity index (χ3n) is 3.55. The van der Waals surface area contributed by atoms with Gasteiger partial charge < -0.3 is 15.7 Å². The second-order valence-corrected chi connectivity index (χ2v) is 5.61. The lowest BCUT2D eigenvalue weighted by Crippen LogP contribution is -2.36. The average molecular weight is 300 g/mol. The van der Waals surface area contributed by atoms with Crippen LogP contribution in [0.3, 0.4) is 0 Å². The van der Waals surface area contributed by atoms with Gasteiger partial charge in [0.25, 0.3) is 0 Å². The highest BCUT2D eigenvalue weighted by Crippen LogP contribution is 2.27. The number of halogens is 1. The van der Waals surface area contributed by atoms with Gasteiger partial charge in [0.1, 0.15) is 0 Å². The van der Waals surface area contributed by atoms with E-state index in [0.29, 0.717) is 25.0 Å². The summed E-state index contributed by atoms with van der Waals surface area (Å²) in [5, 5.41) is 16.8. The third-order valence-corrected chi connectivity index (χ3v) is 3.72. The van der Waals surface area contributed by atoms with Gasteiger partial charge >= 0.3 is 0 Å². The van der Waals surface area contributed by atoms with E-state index >= 15 is 0 Å². The topological polar surface area (TPSA) is 83.0 Å². The molecule has 0 saturated heterocycles. The summed E-state index contributed by atoms with van der Waals surface area (Å²) in [7, 11) is 0. The van der Waals surface area contributed by atoms with Crippen LogP contribution in [0.15, 0.2) is 0 Å². The van der Waals surface area contributed by atoms with E-state index in [1.54, 1.807) is 0 Å². The van der Waals surface area contributed by atoms with Gasteiger partial charge in [0.2, 0.25) is 17.2 Å². The summed E-state index contributed by atoms with van der Waals surface area (Å²) in [5.74, 6) is 0.849. The van der Waals surface area contributed by atoms with Crippen molar-refractivity contribution < 1.29 is 5.11 Å².